The van der Waals surface area contributed by atoms with E-state index in [0.29, 0.717) is 36.2 Å². The van der Waals surface area contributed by atoms with Gasteiger partial charge in [-0.3, -0.25) is 14.5 Å². The summed E-state index contributed by atoms with van der Waals surface area (Å²) in [5.41, 5.74) is 1.16. The number of rotatable bonds is 8. The summed E-state index contributed by atoms with van der Waals surface area (Å²) in [5.74, 6) is -2.15. The minimum Gasteiger partial charge on any atom is -0.481 e. The molecule has 2 N–H and O–H groups in total. The summed E-state index contributed by atoms with van der Waals surface area (Å²) in [6.07, 6.45) is 3.47. The highest BCUT2D eigenvalue weighted by atomic mass is 19.2. The van der Waals surface area contributed by atoms with Gasteiger partial charge in [0.1, 0.15) is 0 Å². The van der Waals surface area contributed by atoms with Gasteiger partial charge in [0.2, 0.25) is 0 Å². The lowest BCUT2D eigenvalue weighted by atomic mass is 9.72. The average molecular weight is 530 g/mol. The van der Waals surface area contributed by atoms with Crippen LogP contribution in [0.4, 0.5) is 19.3 Å². The number of halogens is 2. The molecule has 0 unspecified atom stereocenters. The number of nitrogens with zero attached hydrogens (tertiary/aromatic N) is 2. The summed E-state index contributed by atoms with van der Waals surface area (Å²) in [6.45, 7) is 5.20. The number of hydrogen-bond acceptors (Lipinski definition) is 3. The van der Waals surface area contributed by atoms with Gasteiger partial charge in [0.05, 0.1) is 18.5 Å². The number of urea groups is 1. The number of nitrogens with one attached hydrogen (secondary N) is 1. The van der Waals surface area contributed by atoms with E-state index >= 15 is 0 Å². The first-order valence-electron chi connectivity index (χ1n) is 12.7. The predicted octanol–water partition coefficient (Wildman–Crippen LogP) is 5.83. The Hall–Kier alpha value is -3.49. The number of carboxylic acids is 1. The van der Waals surface area contributed by atoms with E-state index in [-0.39, 0.29) is 32.3 Å². The van der Waals surface area contributed by atoms with Gasteiger partial charge >= 0.3 is 12.0 Å². The monoisotopic (exact) mass is 529 g/mol. The third-order valence-corrected chi connectivity index (χ3v) is 7.79. The van der Waals surface area contributed by atoms with Crippen molar-refractivity contribution in [3.05, 3.63) is 65.2 Å². The van der Waals surface area contributed by atoms with Gasteiger partial charge in [-0.15, -0.1) is 0 Å². The predicted molar refractivity (Wildman–Crippen MR) is 142 cm³/mol. The van der Waals surface area contributed by atoms with E-state index in [0.717, 1.165) is 43.4 Å². The molecule has 1 spiro atoms. The number of aliphatic carboxylic acids is 1. The Kier molecular flexibility index (Phi) is 9.12. The van der Waals surface area contributed by atoms with Gasteiger partial charge in [-0.1, -0.05) is 33.4 Å². The molecule has 0 bridgehead atoms. The highest BCUT2D eigenvalue weighted by Crippen LogP contribution is 2.45. The highest BCUT2D eigenvalue weighted by Gasteiger charge is 2.51. The molecule has 1 heterocycles. The van der Waals surface area contributed by atoms with E-state index in [1.54, 1.807) is 29.2 Å². The molecule has 3 amide bonds. The Bertz CT molecular complexity index is 1160. The summed E-state index contributed by atoms with van der Waals surface area (Å²) in [5, 5.41) is 11.3. The minimum absolute atomic E-state index is 0. The van der Waals surface area contributed by atoms with Crippen molar-refractivity contribution >= 4 is 23.6 Å². The number of benzene rings is 2. The third-order valence-electron chi connectivity index (χ3n) is 7.79. The smallest absolute Gasteiger partial charge is 0.325 e. The molecule has 7 nitrogen and oxygen atoms in total. The van der Waals surface area contributed by atoms with Crippen LogP contribution in [0, 0.1) is 23.5 Å². The lowest BCUT2D eigenvalue weighted by Crippen LogP contribution is -2.49. The van der Waals surface area contributed by atoms with Crippen LogP contribution in [0.3, 0.4) is 0 Å². The topological polar surface area (TPSA) is 90.0 Å². The summed E-state index contributed by atoms with van der Waals surface area (Å²) >= 11 is 0. The number of carboxylic acid groups (broad SMARTS) is 1. The SMILES string of the molecule is C.CC(C)C1CCC2(CC1)CN(c1ccc(F)c(F)c1)C(=O)N2Cc1ccc(C(=O)NCCC(=O)O)cc1. The molecule has 206 valence electrons. The molecule has 1 aliphatic carbocycles. The first kappa shape index (κ1) is 29.1. The maximum Gasteiger partial charge on any atom is 0.325 e. The molecule has 2 aromatic rings. The quantitative estimate of drug-likeness (QED) is 0.450. The molecule has 2 aromatic carbocycles. The minimum atomic E-state index is -0.987. The van der Waals surface area contributed by atoms with Crippen LogP contribution in [0.25, 0.3) is 0 Å². The van der Waals surface area contributed by atoms with Gasteiger partial charge in [-0.05, 0) is 67.3 Å². The van der Waals surface area contributed by atoms with Crippen LogP contribution in [-0.4, -0.2) is 46.5 Å². The van der Waals surface area contributed by atoms with Gasteiger partial charge in [-0.25, -0.2) is 13.6 Å². The maximum absolute atomic E-state index is 14.0. The van der Waals surface area contributed by atoms with Crippen molar-refractivity contribution in [2.75, 3.05) is 18.0 Å². The number of hydrogen-bond donors (Lipinski definition) is 2. The molecule has 38 heavy (non-hydrogen) atoms. The van der Waals surface area contributed by atoms with Crippen LogP contribution in [0.15, 0.2) is 42.5 Å². The molecule has 9 heteroatoms. The Morgan fingerprint density at radius 1 is 1.08 bits per heavy atom. The molecule has 1 saturated carbocycles. The Morgan fingerprint density at radius 2 is 1.74 bits per heavy atom. The van der Waals surface area contributed by atoms with Crippen molar-refractivity contribution in [2.24, 2.45) is 11.8 Å². The Balaban J connectivity index is 0.00000400. The fraction of sp³-hybridized carbons (Fsp3) is 0.483. The van der Waals surface area contributed by atoms with Crippen LogP contribution in [-0.2, 0) is 11.3 Å². The Morgan fingerprint density at radius 3 is 2.32 bits per heavy atom. The van der Waals surface area contributed by atoms with E-state index in [1.165, 1.54) is 6.07 Å². The number of carbonyl (C=O) groups excluding carboxylic acids is 2. The van der Waals surface area contributed by atoms with Crippen LogP contribution in [0.2, 0.25) is 0 Å². The largest absolute Gasteiger partial charge is 0.481 e. The second kappa shape index (κ2) is 11.9. The van der Waals surface area contributed by atoms with Gasteiger partial charge in [-0.2, -0.15) is 0 Å². The molecule has 0 radical (unpaired) electrons. The third kappa shape index (κ3) is 6.14. The van der Waals surface area contributed by atoms with E-state index in [2.05, 4.69) is 19.2 Å². The van der Waals surface area contributed by atoms with Crippen molar-refractivity contribution in [1.82, 2.24) is 10.2 Å². The molecule has 2 fully saturated rings. The molecule has 2 aliphatic rings. The zero-order chi connectivity index (χ0) is 26.7. The molecule has 1 aliphatic heterocycles. The lowest BCUT2D eigenvalue weighted by Gasteiger charge is -2.43. The maximum atomic E-state index is 14.0. The van der Waals surface area contributed by atoms with Crippen molar-refractivity contribution in [3.8, 4) is 0 Å². The molecular formula is C29H37F2N3O4. The highest BCUT2D eigenvalue weighted by molar-refractivity contribution is 5.96. The summed E-state index contributed by atoms with van der Waals surface area (Å²) < 4.78 is 27.6. The van der Waals surface area contributed by atoms with Crippen molar-refractivity contribution in [1.29, 1.82) is 0 Å². The number of carbonyl (C=O) groups is 3. The van der Waals surface area contributed by atoms with Crippen molar-refractivity contribution < 1.29 is 28.3 Å². The lowest BCUT2D eigenvalue weighted by molar-refractivity contribution is -0.136. The fourth-order valence-corrected chi connectivity index (χ4v) is 5.49. The van der Waals surface area contributed by atoms with Crippen LogP contribution >= 0.6 is 0 Å². The van der Waals surface area contributed by atoms with Crippen molar-refractivity contribution in [2.45, 2.75) is 65.5 Å². The van der Waals surface area contributed by atoms with Crippen molar-refractivity contribution in [3.63, 3.8) is 0 Å². The van der Waals surface area contributed by atoms with E-state index in [4.69, 9.17) is 5.11 Å². The van der Waals surface area contributed by atoms with Gasteiger partial charge in [0, 0.05) is 30.4 Å². The van der Waals surface area contributed by atoms with Crippen LogP contribution in [0.1, 0.15) is 69.3 Å². The Labute approximate surface area is 222 Å². The molecule has 0 aromatic heterocycles. The molecule has 1 saturated heterocycles. The summed E-state index contributed by atoms with van der Waals surface area (Å²) in [6, 6.07) is 10.2. The molecule has 4 rings (SSSR count). The molecular weight excluding hydrogens is 492 g/mol. The van der Waals surface area contributed by atoms with Gasteiger partial charge in [0.25, 0.3) is 5.91 Å². The zero-order valence-electron chi connectivity index (χ0n) is 21.2. The number of anilines is 1. The van der Waals surface area contributed by atoms with Crippen LogP contribution in [0.5, 0.6) is 0 Å². The number of amides is 3. The van der Waals surface area contributed by atoms with Crippen LogP contribution < -0.4 is 10.2 Å². The summed E-state index contributed by atoms with van der Waals surface area (Å²) in [7, 11) is 0. The summed E-state index contributed by atoms with van der Waals surface area (Å²) in [4.78, 5) is 40.0. The standard InChI is InChI=1S/C28H33F2N3O4.CH4/c1-18(2)20-9-12-28(13-10-20)17-32(22-7-8-23(29)24(30)15-22)27(37)33(28)16-19-3-5-21(6-4-19)26(36)31-14-11-25(34)35;/h3-8,15,18,20H,9-14,16-17H2,1-2H3,(H,31,36)(H,34,35);1H4. The fourth-order valence-electron chi connectivity index (χ4n) is 5.49. The van der Waals surface area contributed by atoms with E-state index in [1.807, 2.05) is 4.90 Å². The van der Waals surface area contributed by atoms with Gasteiger partial charge < -0.3 is 15.3 Å². The first-order chi connectivity index (χ1) is 17.6. The second-order valence-electron chi connectivity index (χ2n) is 10.5. The normalized spacial score (nSPS) is 21.1. The second-order valence-corrected chi connectivity index (χ2v) is 10.5. The zero-order valence-corrected chi connectivity index (χ0v) is 21.2. The first-order valence-corrected chi connectivity index (χ1v) is 12.7. The van der Waals surface area contributed by atoms with Gasteiger partial charge in [0.15, 0.2) is 11.6 Å². The van der Waals surface area contributed by atoms with E-state index in [9.17, 15) is 23.2 Å². The van der Waals surface area contributed by atoms with E-state index < -0.39 is 23.1 Å². The average Bonchev–Trinajstić information content (AvgIpc) is 3.12. The molecule has 0 atom stereocenters.